The number of hydrogen-bond acceptors (Lipinski definition) is 5. The van der Waals surface area contributed by atoms with Crippen molar-refractivity contribution in [2.24, 2.45) is 29.6 Å². The van der Waals surface area contributed by atoms with E-state index in [0.29, 0.717) is 18.4 Å². The number of benzene rings is 1. The van der Waals surface area contributed by atoms with E-state index in [-0.39, 0.29) is 29.7 Å². The van der Waals surface area contributed by atoms with E-state index in [2.05, 4.69) is 11.9 Å². The molecule has 1 amide bonds. The third-order valence-electron chi connectivity index (χ3n) is 8.02. The van der Waals surface area contributed by atoms with Gasteiger partial charge in [-0.3, -0.25) is 4.79 Å². The molecule has 2 aliphatic heterocycles. The lowest BCUT2D eigenvalue weighted by molar-refractivity contribution is -0.182. The molecular weight excluding hydrogens is 430 g/mol. The van der Waals surface area contributed by atoms with Gasteiger partial charge in [-0.15, -0.1) is 0 Å². The smallest absolute Gasteiger partial charge is 0.331 e. The van der Waals surface area contributed by atoms with Gasteiger partial charge < -0.3 is 20.3 Å². The maximum atomic E-state index is 13.7. The Balaban J connectivity index is 1.80. The molecule has 1 unspecified atom stereocenters. The summed E-state index contributed by atoms with van der Waals surface area (Å²) in [5.41, 5.74) is 0.143. The lowest BCUT2D eigenvalue weighted by Crippen LogP contribution is -2.61. The highest BCUT2D eigenvalue weighted by Crippen LogP contribution is 2.52. The van der Waals surface area contributed by atoms with Crippen molar-refractivity contribution in [1.29, 1.82) is 0 Å². The minimum Gasteiger partial charge on any atom is -0.445 e. The van der Waals surface area contributed by atoms with Crippen LogP contribution in [-0.4, -0.2) is 45.9 Å². The minimum atomic E-state index is -1.55. The van der Waals surface area contributed by atoms with Crippen LogP contribution in [0.5, 0.6) is 0 Å². The van der Waals surface area contributed by atoms with Crippen LogP contribution in [-0.2, 0) is 20.7 Å². The normalized spacial score (nSPS) is 42.3. The summed E-state index contributed by atoms with van der Waals surface area (Å²) in [6.45, 7) is 9.89. The summed E-state index contributed by atoms with van der Waals surface area (Å²) in [7, 11) is 0. The molecule has 1 aliphatic carbocycles. The number of rotatable bonds is 2. The fourth-order valence-corrected chi connectivity index (χ4v) is 6.00. The molecule has 2 fully saturated rings. The Bertz CT molecular complexity index is 1000. The molecule has 1 spiro atoms. The van der Waals surface area contributed by atoms with Gasteiger partial charge in [-0.25, -0.2) is 4.79 Å². The van der Waals surface area contributed by atoms with Gasteiger partial charge in [-0.1, -0.05) is 75.9 Å². The predicted molar refractivity (Wildman–Crippen MR) is 129 cm³/mol. The highest BCUT2D eigenvalue weighted by atomic mass is 16.6. The molecule has 2 heterocycles. The number of amides is 1. The fraction of sp³-hybridized carbons (Fsp3) is 0.500. The first-order valence-electron chi connectivity index (χ1n) is 12.1. The van der Waals surface area contributed by atoms with E-state index < -0.39 is 35.6 Å². The zero-order valence-electron chi connectivity index (χ0n) is 20.1. The first-order chi connectivity index (χ1) is 16.2. The molecule has 3 aliphatic rings. The van der Waals surface area contributed by atoms with E-state index in [1.165, 1.54) is 6.08 Å². The number of aliphatic hydroxyl groups excluding tert-OH is 2. The molecular formula is C28H35NO5. The SMILES string of the molecule is C=C1C(C)[C@H]2[C@H](Cc3ccccc3)NC(=O)[C@]23OC(=O)/C=C/[C@H](C)[C@H](O)[C@@H](C)C/C=C/[C@H]3[C@@H]1O. The molecule has 0 radical (unpaired) electrons. The lowest BCUT2D eigenvalue weighted by Gasteiger charge is -2.49. The third-order valence-corrected chi connectivity index (χ3v) is 8.02. The zero-order chi connectivity index (χ0) is 24.6. The van der Waals surface area contributed by atoms with Crippen LogP contribution < -0.4 is 5.32 Å². The topological polar surface area (TPSA) is 95.9 Å². The number of aliphatic hydroxyl groups is 2. The van der Waals surface area contributed by atoms with Crippen molar-refractivity contribution in [1.82, 2.24) is 5.32 Å². The quantitative estimate of drug-likeness (QED) is 0.461. The molecule has 1 saturated carbocycles. The van der Waals surface area contributed by atoms with Gasteiger partial charge in [0.05, 0.1) is 18.1 Å². The predicted octanol–water partition coefficient (Wildman–Crippen LogP) is 2.96. The van der Waals surface area contributed by atoms with E-state index in [1.807, 2.05) is 57.2 Å². The first-order valence-corrected chi connectivity index (χ1v) is 12.1. The lowest BCUT2D eigenvalue weighted by atomic mass is 9.59. The summed E-state index contributed by atoms with van der Waals surface area (Å²) < 4.78 is 6.05. The molecule has 6 nitrogen and oxygen atoms in total. The average Bonchev–Trinajstić information content (AvgIpc) is 3.08. The zero-order valence-corrected chi connectivity index (χ0v) is 20.1. The third kappa shape index (κ3) is 4.14. The summed E-state index contributed by atoms with van der Waals surface area (Å²) in [6.07, 6.45) is 6.07. The Hall–Kier alpha value is -2.70. The molecule has 4 rings (SSSR count). The molecule has 6 heteroatoms. The number of carbonyl (C=O) groups excluding carboxylic acids is 2. The summed E-state index contributed by atoms with van der Waals surface area (Å²) >= 11 is 0. The first kappa shape index (κ1) is 24.4. The van der Waals surface area contributed by atoms with Gasteiger partial charge in [-0.2, -0.15) is 0 Å². The summed E-state index contributed by atoms with van der Waals surface area (Å²) in [4.78, 5) is 26.7. The molecule has 182 valence electrons. The number of nitrogens with one attached hydrogen (secondary N) is 1. The average molecular weight is 466 g/mol. The van der Waals surface area contributed by atoms with Crippen LogP contribution >= 0.6 is 0 Å². The molecule has 0 bridgehead atoms. The molecule has 3 N–H and O–H groups in total. The molecule has 34 heavy (non-hydrogen) atoms. The van der Waals surface area contributed by atoms with Crippen molar-refractivity contribution in [3.63, 3.8) is 0 Å². The number of carbonyl (C=O) groups is 2. The van der Waals surface area contributed by atoms with Crippen molar-refractivity contribution < 1.29 is 24.5 Å². The van der Waals surface area contributed by atoms with Gasteiger partial charge in [0.15, 0.2) is 0 Å². The van der Waals surface area contributed by atoms with Crippen molar-refractivity contribution in [2.45, 2.75) is 57.5 Å². The van der Waals surface area contributed by atoms with Gasteiger partial charge in [0, 0.05) is 24.0 Å². The summed E-state index contributed by atoms with van der Waals surface area (Å²) in [5, 5.41) is 24.9. The van der Waals surface area contributed by atoms with E-state index >= 15 is 0 Å². The molecule has 1 aromatic rings. The number of esters is 1. The van der Waals surface area contributed by atoms with Gasteiger partial charge in [-0.05, 0) is 35.8 Å². The second-order valence-electron chi connectivity index (χ2n) is 10.2. The largest absolute Gasteiger partial charge is 0.445 e. The fourth-order valence-electron chi connectivity index (χ4n) is 6.00. The number of allylic oxidation sites excluding steroid dienone is 1. The summed E-state index contributed by atoms with van der Waals surface area (Å²) in [5.74, 6) is -2.78. The Labute approximate surface area is 201 Å². The van der Waals surface area contributed by atoms with E-state index in [1.54, 1.807) is 12.2 Å². The highest BCUT2D eigenvalue weighted by molar-refractivity contribution is 5.94. The number of hydrogen-bond donors (Lipinski definition) is 3. The molecule has 1 saturated heterocycles. The standard InChI is InChI=1S/C28H35NO5/c1-16-9-8-12-21-26(32)19(4)18(3)24-22(15-20-10-6-5-7-11-20)29-27(33)28(21,24)34-23(30)14-13-17(2)25(16)31/h5-8,10-14,16-18,21-22,24-26,31-32H,4,9,15H2,1-3H3,(H,29,33)/b12-8+,14-13+/t16-,17-,18?,21-,22-,24-,25+,26+,28+/m0/s1. The molecule has 1 aromatic carbocycles. The van der Waals surface area contributed by atoms with E-state index in [0.717, 1.165) is 5.56 Å². The van der Waals surface area contributed by atoms with Crippen LogP contribution in [0.25, 0.3) is 0 Å². The number of ether oxygens (including phenoxy) is 1. The van der Waals surface area contributed by atoms with Crippen LogP contribution in [0.3, 0.4) is 0 Å². The van der Waals surface area contributed by atoms with Gasteiger partial charge >= 0.3 is 5.97 Å². The van der Waals surface area contributed by atoms with Crippen molar-refractivity contribution in [3.8, 4) is 0 Å². The van der Waals surface area contributed by atoms with E-state index in [4.69, 9.17) is 4.74 Å². The van der Waals surface area contributed by atoms with Gasteiger partial charge in [0.1, 0.15) is 0 Å². The van der Waals surface area contributed by atoms with Crippen LogP contribution in [0.1, 0.15) is 32.8 Å². The Morgan fingerprint density at radius 3 is 2.53 bits per heavy atom. The van der Waals surface area contributed by atoms with Crippen LogP contribution in [0.2, 0.25) is 0 Å². The maximum Gasteiger partial charge on any atom is 0.331 e. The maximum absolute atomic E-state index is 13.7. The van der Waals surface area contributed by atoms with Crippen LogP contribution in [0.4, 0.5) is 0 Å². The van der Waals surface area contributed by atoms with Crippen LogP contribution in [0, 0.1) is 29.6 Å². The van der Waals surface area contributed by atoms with Crippen LogP contribution in [0.15, 0.2) is 66.8 Å². The van der Waals surface area contributed by atoms with Crippen molar-refractivity contribution >= 4 is 11.9 Å². The van der Waals surface area contributed by atoms with Crippen molar-refractivity contribution in [3.05, 3.63) is 72.4 Å². The minimum absolute atomic E-state index is 0.0656. The Morgan fingerprint density at radius 2 is 1.82 bits per heavy atom. The second kappa shape index (κ2) is 9.51. The van der Waals surface area contributed by atoms with Crippen molar-refractivity contribution in [2.75, 3.05) is 0 Å². The second-order valence-corrected chi connectivity index (χ2v) is 10.2. The van der Waals surface area contributed by atoms with Gasteiger partial charge in [0.25, 0.3) is 5.91 Å². The molecule has 0 aromatic heterocycles. The van der Waals surface area contributed by atoms with Gasteiger partial charge in [0.2, 0.25) is 5.60 Å². The Morgan fingerprint density at radius 1 is 1.12 bits per heavy atom. The van der Waals surface area contributed by atoms with E-state index in [9.17, 15) is 19.8 Å². The molecule has 9 atom stereocenters. The highest BCUT2D eigenvalue weighted by Gasteiger charge is 2.67. The monoisotopic (exact) mass is 465 g/mol. The Kier molecular flexibility index (Phi) is 6.83. The summed E-state index contributed by atoms with van der Waals surface area (Å²) in [6, 6.07) is 9.59.